The van der Waals surface area contributed by atoms with E-state index in [0.717, 1.165) is 0 Å². The van der Waals surface area contributed by atoms with Crippen LogP contribution in [0.2, 0.25) is 0 Å². The second-order valence-electron chi connectivity index (χ2n) is 6.43. The lowest BCUT2D eigenvalue weighted by Gasteiger charge is -2.41. The SMILES string of the molecule is CCC(O)N(CC(O)O)CC(O)C(CC)(CC)NCC(=O)NCC(N)O. The predicted octanol–water partition coefficient (Wildman–Crippen LogP) is -2.77. The number of carbonyl (C=O) groups excluding carboxylic acids is 1. The summed E-state index contributed by atoms with van der Waals surface area (Å²) in [4.78, 5) is 13.2. The third kappa shape index (κ3) is 8.69. The van der Waals surface area contributed by atoms with Gasteiger partial charge < -0.3 is 41.9 Å². The minimum Gasteiger partial charge on any atom is -0.390 e. The molecule has 1 amide bonds. The summed E-state index contributed by atoms with van der Waals surface area (Å²) in [5, 5.41) is 53.7. The maximum absolute atomic E-state index is 11.8. The van der Waals surface area contributed by atoms with Crippen molar-refractivity contribution in [3.8, 4) is 0 Å². The van der Waals surface area contributed by atoms with Gasteiger partial charge in [0, 0.05) is 12.1 Å². The topological polar surface area (TPSA) is 172 Å². The van der Waals surface area contributed by atoms with E-state index in [2.05, 4.69) is 10.6 Å². The van der Waals surface area contributed by atoms with Crippen molar-refractivity contribution in [1.82, 2.24) is 15.5 Å². The number of hydrogen-bond donors (Lipinski definition) is 8. The lowest BCUT2D eigenvalue weighted by molar-refractivity contribution is -0.122. The summed E-state index contributed by atoms with van der Waals surface area (Å²) in [6.07, 6.45) is -3.28. The number of rotatable bonds is 14. The van der Waals surface area contributed by atoms with Gasteiger partial charge in [-0.2, -0.15) is 0 Å². The molecule has 0 aliphatic carbocycles. The quantitative estimate of drug-likeness (QED) is 0.148. The smallest absolute Gasteiger partial charge is 0.234 e. The van der Waals surface area contributed by atoms with E-state index >= 15 is 0 Å². The summed E-state index contributed by atoms with van der Waals surface area (Å²) < 4.78 is 0. The fraction of sp³-hybridized carbons (Fsp3) is 0.938. The molecular weight excluding hydrogens is 344 g/mol. The number of aliphatic hydroxyl groups is 5. The minimum absolute atomic E-state index is 0.00440. The largest absolute Gasteiger partial charge is 0.390 e. The van der Waals surface area contributed by atoms with Crippen molar-refractivity contribution in [3.63, 3.8) is 0 Å². The first kappa shape index (κ1) is 25.1. The second kappa shape index (κ2) is 12.5. The van der Waals surface area contributed by atoms with Gasteiger partial charge in [0.1, 0.15) is 12.5 Å². The first-order valence-corrected chi connectivity index (χ1v) is 9.03. The van der Waals surface area contributed by atoms with Crippen molar-refractivity contribution in [2.24, 2.45) is 5.73 Å². The molecule has 0 radical (unpaired) electrons. The predicted molar refractivity (Wildman–Crippen MR) is 96.6 cm³/mol. The summed E-state index contributed by atoms with van der Waals surface area (Å²) in [5.74, 6) is -0.371. The van der Waals surface area contributed by atoms with E-state index in [9.17, 15) is 25.2 Å². The molecule has 3 atom stereocenters. The molecule has 26 heavy (non-hydrogen) atoms. The fourth-order valence-electron chi connectivity index (χ4n) is 2.81. The highest BCUT2D eigenvalue weighted by atomic mass is 16.5. The molecule has 0 saturated heterocycles. The molecule has 0 heterocycles. The summed E-state index contributed by atoms with van der Waals surface area (Å²) >= 11 is 0. The molecule has 0 aliphatic rings. The maximum atomic E-state index is 11.8. The average Bonchev–Trinajstić information content (AvgIpc) is 2.59. The highest BCUT2D eigenvalue weighted by molar-refractivity contribution is 5.78. The van der Waals surface area contributed by atoms with E-state index in [1.165, 1.54) is 4.90 Å². The number of aliphatic hydroxyl groups excluding tert-OH is 4. The summed E-state index contributed by atoms with van der Waals surface area (Å²) in [7, 11) is 0. The van der Waals surface area contributed by atoms with Gasteiger partial charge in [-0.05, 0) is 19.3 Å². The van der Waals surface area contributed by atoms with Gasteiger partial charge in [-0.25, -0.2) is 0 Å². The molecule has 0 aromatic heterocycles. The first-order chi connectivity index (χ1) is 12.1. The molecule has 10 nitrogen and oxygen atoms in total. The van der Waals surface area contributed by atoms with Gasteiger partial charge in [-0.3, -0.25) is 9.69 Å². The summed E-state index contributed by atoms with van der Waals surface area (Å²) in [5.41, 5.74) is 4.37. The molecule has 156 valence electrons. The van der Waals surface area contributed by atoms with Crippen LogP contribution in [0, 0.1) is 0 Å². The molecule has 0 aromatic carbocycles. The van der Waals surface area contributed by atoms with Crippen LogP contribution in [0.5, 0.6) is 0 Å². The van der Waals surface area contributed by atoms with E-state index < -0.39 is 30.4 Å². The molecule has 0 fully saturated rings. The molecule has 0 spiro atoms. The second-order valence-corrected chi connectivity index (χ2v) is 6.43. The molecule has 0 aromatic rings. The van der Waals surface area contributed by atoms with Crippen molar-refractivity contribution in [2.75, 3.05) is 26.2 Å². The van der Waals surface area contributed by atoms with Crippen LogP contribution < -0.4 is 16.4 Å². The molecule has 0 saturated carbocycles. The van der Waals surface area contributed by atoms with Crippen LogP contribution in [-0.4, -0.2) is 92.9 Å². The zero-order valence-corrected chi connectivity index (χ0v) is 15.9. The Balaban J connectivity index is 4.97. The Morgan fingerprint density at radius 2 is 1.65 bits per heavy atom. The van der Waals surface area contributed by atoms with Gasteiger partial charge >= 0.3 is 0 Å². The van der Waals surface area contributed by atoms with Crippen LogP contribution in [0.4, 0.5) is 0 Å². The molecule has 10 heteroatoms. The number of nitrogens with one attached hydrogen (secondary N) is 2. The van der Waals surface area contributed by atoms with Gasteiger partial charge in [-0.15, -0.1) is 0 Å². The highest BCUT2D eigenvalue weighted by Crippen LogP contribution is 2.22. The van der Waals surface area contributed by atoms with Gasteiger partial charge in [0.2, 0.25) is 5.91 Å². The highest BCUT2D eigenvalue weighted by Gasteiger charge is 2.36. The number of nitrogens with zero attached hydrogens (tertiary/aromatic N) is 1. The normalized spacial score (nSPS) is 16.0. The van der Waals surface area contributed by atoms with Crippen molar-refractivity contribution in [2.45, 2.75) is 70.4 Å². The van der Waals surface area contributed by atoms with E-state index in [-0.39, 0.29) is 32.1 Å². The van der Waals surface area contributed by atoms with Gasteiger partial charge in [0.05, 0.1) is 25.7 Å². The number of carbonyl (C=O) groups is 1. The van der Waals surface area contributed by atoms with Gasteiger partial charge in [-0.1, -0.05) is 20.8 Å². The van der Waals surface area contributed by atoms with Crippen LogP contribution in [0.1, 0.15) is 40.0 Å². The zero-order valence-electron chi connectivity index (χ0n) is 15.9. The molecular formula is C16H36N4O6. The maximum Gasteiger partial charge on any atom is 0.234 e. The Labute approximate surface area is 155 Å². The Morgan fingerprint density at radius 3 is 2.08 bits per heavy atom. The van der Waals surface area contributed by atoms with Crippen molar-refractivity contribution in [1.29, 1.82) is 0 Å². The van der Waals surface area contributed by atoms with E-state index in [0.29, 0.717) is 19.3 Å². The monoisotopic (exact) mass is 380 g/mol. The van der Waals surface area contributed by atoms with Gasteiger partial charge in [0.25, 0.3) is 0 Å². The number of nitrogens with two attached hydrogens (primary N) is 1. The van der Waals surface area contributed by atoms with E-state index in [4.69, 9.17) is 10.8 Å². The van der Waals surface area contributed by atoms with Crippen LogP contribution >= 0.6 is 0 Å². The third-order valence-electron chi connectivity index (χ3n) is 4.60. The van der Waals surface area contributed by atoms with Crippen molar-refractivity contribution in [3.05, 3.63) is 0 Å². The number of amides is 1. The van der Waals surface area contributed by atoms with E-state index in [1.807, 2.05) is 13.8 Å². The average molecular weight is 380 g/mol. The Hall–Kier alpha value is -0.850. The molecule has 9 N–H and O–H groups in total. The Bertz CT molecular complexity index is 393. The van der Waals surface area contributed by atoms with Crippen LogP contribution in [0.15, 0.2) is 0 Å². The minimum atomic E-state index is -1.64. The zero-order chi connectivity index (χ0) is 20.3. The van der Waals surface area contributed by atoms with Crippen LogP contribution in [0.25, 0.3) is 0 Å². The molecule has 0 aliphatic heterocycles. The Kier molecular flexibility index (Phi) is 12.1. The first-order valence-electron chi connectivity index (χ1n) is 9.03. The van der Waals surface area contributed by atoms with Crippen molar-refractivity contribution >= 4 is 5.91 Å². The molecule has 0 bridgehead atoms. The lowest BCUT2D eigenvalue weighted by Crippen LogP contribution is -2.60. The molecule has 0 rings (SSSR count). The fourth-order valence-corrected chi connectivity index (χ4v) is 2.81. The number of hydrogen-bond acceptors (Lipinski definition) is 9. The van der Waals surface area contributed by atoms with E-state index in [1.54, 1.807) is 6.92 Å². The van der Waals surface area contributed by atoms with Crippen LogP contribution in [0.3, 0.4) is 0 Å². The van der Waals surface area contributed by atoms with Gasteiger partial charge in [0.15, 0.2) is 6.29 Å². The Morgan fingerprint density at radius 1 is 1.08 bits per heavy atom. The third-order valence-corrected chi connectivity index (χ3v) is 4.60. The lowest BCUT2D eigenvalue weighted by atomic mass is 9.85. The van der Waals surface area contributed by atoms with Crippen LogP contribution in [-0.2, 0) is 4.79 Å². The summed E-state index contributed by atoms with van der Waals surface area (Å²) in [6.45, 7) is 5.12. The standard InChI is InChI=1S/C16H36N4O6/c1-4-14(24)20(10-15(25)26)9-11(21)16(5-2,6-3)19-8-13(23)18-7-12(17)22/h11-12,14-15,19,21-22,24-26H,4-10,17H2,1-3H3,(H,18,23). The molecule has 3 unspecified atom stereocenters. The summed E-state index contributed by atoms with van der Waals surface area (Å²) in [6, 6.07) is 0. The van der Waals surface area contributed by atoms with Crippen molar-refractivity contribution < 1.29 is 30.3 Å².